The normalized spacial score (nSPS) is 16.1. The third-order valence-electron chi connectivity index (χ3n) is 3.41. The highest BCUT2D eigenvalue weighted by molar-refractivity contribution is 9.10. The summed E-state index contributed by atoms with van der Waals surface area (Å²) in [5, 5.41) is 2.99. The Morgan fingerprint density at radius 1 is 1.41 bits per heavy atom. The molecule has 0 spiro atoms. The molecular formula is C14H18BrNO. The molecule has 0 aliphatic heterocycles. The summed E-state index contributed by atoms with van der Waals surface area (Å²) >= 11 is 3.51. The fraction of sp³-hybridized carbons (Fsp3) is 0.500. The summed E-state index contributed by atoms with van der Waals surface area (Å²) in [7, 11) is 0. The second-order valence-corrected chi connectivity index (χ2v) is 5.63. The Bertz CT molecular complexity index is 411. The maximum absolute atomic E-state index is 11.9. The molecule has 17 heavy (non-hydrogen) atoms. The van der Waals surface area contributed by atoms with Crippen molar-refractivity contribution in [3.8, 4) is 0 Å². The molecule has 0 unspecified atom stereocenters. The first-order valence-electron chi connectivity index (χ1n) is 6.22. The van der Waals surface area contributed by atoms with Crippen LogP contribution in [0.2, 0.25) is 0 Å². The standard InChI is InChI=1S/C14H18BrNO/c1-10-5-4-8-12(14(10)15)16-13(17)9-11-6-2-3-7-11/h4-5,8,11H,2-3,6-7,9H2,1H3,(H,16,17). The predicted octanol–water partition coefficient (Wildman–Crippen LogP) is 4.28. The maximum Gasteiger partial charge on any atom is 0.224 e. The van der Waals surface area contributed by atoms with Gasteiger partial charge in [-0.2, -0.15) is 0 Å². The van der Waals surface area contributed by atoms with Crippen LogP contribution in [0, 0.1) is 12.8 Å². The van der Waals surface area contributed by atoms with Crippen LogP contribution in [-0.2, 0) is 4.79 Å². The number of halogens is 1. The van der Waals surface area contributed by atoms with E-state index in [0.29, 0.717) is 12.3 Å². The lowest BCUT2D eigenvalue weighted by Crippen LogP contribution is -2.15. The van der Waals surface area contributed by atoms with Gasteiger partial charge in [0.15, 0.2) is 0 Å². The van der Waals surface area contributed by atoms with Crippen LogP contribution in [-0.4, -0.2) is 5.91 Å². The first-order chi connectivity index (χ1) is 8.16. The fourth-order valence-corrected chi connectivity index (χ4v) is 2.79. The molecule has 2 nitrogen and oxygen atoms in total. The zero-order chi connectivity index (χ0) is 12.3. The third kappa shape index (κ3) is 3.32. The molecule has 2 rings (SSSR count). The summed E-state index contributed by atoms with van der Waals surface area (Å²) < 4.78 is 0.986. The quantitative estimate of drug-likeness (QED) is 0.886. The molecule has 3 heteroatoms. The molecule has 1 aromatic rings. The molecule has 0 atom stereocenters. The Kier molecular flexibility index (Phi) is 4.21. The van der Waals surface area contributed by atoms with Crippen LogP contribution in [0.3, 0.4) is 0 Å². The second-order valence-electron chi connectivity index (χ2n) is 4.84. The summed E-state index contributed by atoms with van der Waals surface area (Å²) in [6.45, 7) is 2.02. The minimum atomic E-state index is 0.142. The van der Waals surface area contributed by atoms with Gasteiger partial charge in [-0.3, -0.25) is 4.79 Å². The maximum atomic E-state index is 11.9. The van der Waals surface area contributed by atoms with Crippen molar-refractivity contribution in [3.63, 3.8) is 0 Å². The molecule has 1 saturated carbocycles. The van der Waals surface area contributed by atoms with Crippen LogP contribution in [0.25, 0.3) is 0 Å². The van der Waals surface area contributed by atoms with E-state index in [-0.39, 0.29) is 5.91 Å². The van der Waals surface area contributed by atoms with Crippen molar-refractivity contribution in [1.82, 2.24) is 0 Å². The van der Waals surface area contributed by atoms with E-state index in [2.05, 4.69) is 21.2 Å². The van der Waals surface area contributed by atoms with Gasteiger partial charge in [-0.1, -0.05) is 25.0 Å². The number of hydrogen-bond acceptors (Lipinski definition) is 1. The van der Waals surface area contributed by atoms with E-state index in [9.17, 15) is 4.79 Å². The van der Waals surface area contributed by atoms with Gasteiger partial charge in [0, 0.05) is 10.9 Å². The van der Waals surface area contributed by atoms with Gasteiger partial charge >= 0.3 is 0 Å². The van der Waals surface area contributed by atoms with Crippen LogP contribution >= 0.6 is 15.9 Å². The Morgan fingerprint density at radius 2 is 2.12 bits per heavy atom. The van der Waals surface area contributed by atoms with Crippen LogP contribution in [0.4, 0.5) is 5.69 Å². The number of rotatable bonds is 3. The molecule has 0 saturated heterocycles. The minimum absolute atomic E-state index is 0.142. The highest BCUT2D eigenvalue weighted by atomic mass is 79.9. The highest BCUT2D eigenvalue weighted by Gasteiger charge is 2.18. The van der Waals surface area contributed by atoms with Gasteiger partial charge < -0.3 is 5.32 Å². The number of carbonyl (C=O) groups excluding carboxylic acids is 1. The highest BCUT2D eigenvalue weighted by Crippen LogP contribution is 2.29. The Morgan fingerprint density at radius 3 is 2.82 bits per heavy atom. The van der Waals surface area contributed by atoms with Crippen LogP contribution in [0.5, 0.6) is 0 Å². The third-order valence-corrected chi connectivity index (χ3v) is 4.47. The van der Waals surface area contributed by atoms with Crippen molar-refractivity contribution >= 4 is 27.5 Å². The lowest BCUT2D eigenvalue weighted by atomic mass is 10.0. The SMILES string of the molecule is Cc1cccc(NC(=O)CC2CCCC2)c1Br. The van der Waals surface area contributed by atoms with Crippen molar-refractivity contribution in [3.05, 3.63) is 28.2 Å². The summed E-state index contributed by atoms with van der Waals surface area (Å²) in [4.78, 5) is 11.9. The average Bonchev–Trinajstić information content (AvgIpc) is 2.77. The van der Waals surface area contributed by atoms with Gasteiger partial charge in [0.05, 0.1) is 5.69 Å². The predicted molar refractivity (Wildman–Crippen MR) is 74.1 cm³/mol. The van der Waals surface area contributed by atoms with E-state index in [0.717, 1.165) is 15.7 Å². The monoisotopic (exact) mass is 295 g/mol. The van der Waals surface area contributed by atoms with E-state index >= 15 is 0 Å². The van der Waals surface area contributed by atoms with Crippen molar-refractivity contribution in [2.24, 2.45) is 5.92 Å². The van der Waals surface area contributed by atoms with Crippen LogP contribution < -0.4 is 5.32 Å². The molecule has 1 aliphatic carbocycles. The van der Waals surface area contributed by atoms with Gasteiger partial charge in [-0.05, 0) is 53.2 Å². The van der Waals surface area contributed by atoms with Crippen molar-refractivity contribution in [2.75, 3.05) is 5.32 Å². The first kappa shape index (κ1) is 12.6. The summed E-state index contributed by atoms with van der Waals surface area (Å²) in [6.07, 6.45) is 5.66. The van der Waals surface area contributed by atoms with Gasteiger partial charge in [-0.15, -0.1) is 0 Å². The van der Waals surface area contributed by atoms with Gasteiger partial charge in [0.1, 0.15) is 0 Å². The van der Waals surface area contributed by atoms with Crippen LogP contribution in [0.1, 0.15) is 37.7 Å². The van der Waals surface area contributed by atoms with Crippen molar-refractivity contribution < 1.29 is 4.79 Å². The van der Waals surface area contributed by atoms with Gasteiger partial charge in [0.25, 0.3) is 0 Å². The van der Waals surface area contributed by atoms with E-state index in [1.54, 1.807) is 0 Å². The Balaban J connectivity index is 1.95. The summed E-state index contributed by atoms with van der Waals surface area (Å²) in [6, 6.07) is 5.92. The second kappa shape index (κ2) is 5.67. The lowest BCUT2D eigenvalue weighted by Gasteiger charge is -2.11. The molecule has 1 amide bonds. The zero-order valence-electron chi connectivity index (χ0n) is 10.1. The molecule has 0 bridgehead atoms. The number of carbonyl (C=O) groups is 1. The molecule has 1 fully saturated rings. The fourth-order valence-electron chi connectivity index (χ4n) is 2.42. The average molecular weight is 296 g/mol. The molecule has 92 valence electrons. The molecule has 0 heterocycles. The van der Waals surface area contributed by atoms with E-state index in [1.165, 1.54) is 25.7 Å². The number of aryl methyl sites for hydroxylation is 1. The number of benzene rings is 1. The van der Waals surface area contributed by atoms with E-state index in [4.69, 9.17) is 0 Å². The van der Waals surface area contributed by atoms with Gasteiger partial charge in [-0.25, -0.2) is 0 Å². The summed E-state index contributed by atoms with van der Waals surface area (Å²) in [5.41, 5.74) is 2.02. The lowest BCUT2D eigenvalue weighted by molar-refractivity contribution is -0.117. The molecule has 0 aromatic heterocycles. The number of amides is 1. The van der Waals surface area contributed by atoms with E-state index in [1.807, 2.05) is 25.1 Å². The molecular weight excluding hydrogens is 278 g/mol. The smallest absolute Gasteiger partial charge is 0.224 e. The van der Waals surface area contributed by atoms with Crippen molar-refractivity contribution in [2.45, 2.75) is 39.0 Å². The first-order valence-corrected chi connectivity index (χ1v) is 7.01. The number of nitrogens with one attached hydrogen (secondary N) is 1. The molecule has 1 N–H and O–H groups in total. The number of hydrogen-bond donors (Lipinski definition) is 1. The van der Waals surface area contributed by atoms with Crippen LogP contribution in [0.15, 0.2) is 22.7 Å². The molecule has 1 aromatic carbocycles. The molecule has 0 radical (unpaired) electrons. The summed E-state index contributed by atoms with van der Waals surface area (Å²) in [5.74, 6) is 0.738. The van der Waals surface area contributed by atoms with E-state index < -0.39 is 0 Å². The largest absolute Gasteiger partial charge is 0.325 e. The topological polar surface area (TPSA) is 29.1 Å². The Hall–Kier alpha value is -0.830. The van der Waals surface area contributed by atoms with Crippen molar-refractivity contribution in [1.29, 1.82) is 0 Å². The Labute approximate surface area is 111 Å². The minimum Gasteiger partial charge on any atom is -0.325 e. The van der Waals surface area contributed by atoms with Gasteiger partial charge in [0.2, 0.25) is 5.91 Å². The molecule has 1 aliphatic rings. The number of anilines is 1. The zero-order valence-corrected chi connectivity index (χ0v) is 11.7.